The van der Waals surface area contributed by atoms with Crippen molar-refractivity contribution in [2.24, 2.45) is 0 Å². The molecule has 0 aliphatic carbocycles. The Labute approximate surface area is 116 Å². The molecule has 1 N–H and O–H groups in total. The summed E-state index contributed by atoms with van der Waals surface area (Å²) in [6.45, 7) is 7.55. The smallest absolute Gasteiger partial charge is 0.123 e. The summed E-state index contributed by atoms with van der Waals surface area (Å²) in [5.74, 6) is 1.02. The second-order valence-electron chi connectivity index (χ2n) is 5.45. The van der Waals surface area contributed by atoms with E-state index in [9.17, 15) is 0 Å². The number of nitrogens with one attached hydrogen (secondary N) is 1. The van der Waals surface area contributed by atoms with E-state index < -0.39 is 0 Å². The van der Waals surface area contributed by atoms with Crippen molar-refractivity contribution in [3.05, 3.63) is 28.8 Å². The first-order chi connectivity index (χ1) is 9.17. The van der Waals surface area contributed by atoms with Crippen LogP contribution in [0.2, 0.25) is 0 Å². The van der Waals surface area contributed by atoms with Gasteiger partial charge in [0.2, 0.25) is 0 Å². The zero-order valence-electron chi connectivity index (χ0n) is 12.6. The van der Waals surface area contributed by atoms with Crippen LogP contribution < -0.4 is 10.1 Å². The van der Waals surface area contributed by atoms with Gasteiger partial charge in [-0.25, -0.2) is 0 Å². The fraction of sp³-hybridized carbons (Fsp3) is 0.625. The van der Waals surface area contributed by atoms with Crippen LogP contribution in [-0.2, 0) is 13.0 Å². The first-order valence-corrected chi connectivity index (χ1v) is 7.28. The Morgan fingerprint density at radius 2 is 2.21 bits per heavy atom. The number of fused-ring (bicyclic) bond motifs is 1. The molecule has 0 spiro atoms. The standard InChI is InChI=1S/C16H26N2O/c1-5-7-17-11-14-9-13-6-8-18(3)12(2)15(13)10-16(14)19-4/h9-10,12,17H,5-8,11H2,1-4H3. The van der Waals surface area contributed by atoms with Gasteiger partial charge in [-0.3, -0.25) is 4.90 Å². The number of hydrogen-bond acceptors (Lipinski definition) is 3. The summed E-state index contributed by atoms with van der Waals surface area (Å²) in [5.41, 5.74) is 4.19. The molecule has 3 nitrogen and oxygen atoms in total. The van der Waals surface area contributed by atoms with E-state index >= 15 is 0 Å². The van der Waals surface area contributed by atoms with Gasteiger partial charge in [0.05, 0.1) is 7.11 Å². The molecule has 0 bridgehead atoms. The molecular formula is C16H26N2O. The van der Waals surface area contributed by atoms with E-state index in [0.29, 0.717) is 6.04 Å². The molecule has 1 heterocycles. The van der Waals surface area contributed by atoms with Gasteiger partial charge in [0.1, 0.15) is 5.75 Å². The summed E-state index contributed by atoms with van der Waals surface area (Å²) in [6, 6.07) is 5.05. The van der Waals surface area contributed by atoms with Gasteiger partial charge in [-0.15, -0.1) is 0 Å². The largest absolute Gasteiger partial charge is 0.496 e. The highest BCUT2D eigenvalue weighted by molar-refractivity contribution is 5.45. The lowest BCUT2D eigenvalue weighted by molar-refractivity contribution is 0.246. The molecule has 0 saturated heterocycles. The average molecular weight is 262 g/mol. The summed E-state index contributed by atoms with van der Waals surface area (Å²) >= 11 is 0. The van der Waals surface area contributed by atoms with Crippen LogP contribution in [0.1, 0.15) is 43.0 Å². The minimum absolute atomic E-state index is 0.482. The van der Waals surface area contributed by atoms with Crippen LogP contribution in [0.5, 0.6) is 5.75 Å². The van der Waals surface area contributed by atoms with Crippen molar-refractivity contribution in [3.63, 3.8) is 0 Å². The van der Waals surface area contributed by atoms with Crippen molar-refractivity contribution in [3.8, 4) is 5.75 Å². The summed E-state index contributed by atoms with van der Waals surface area (Å²) in [5, 5.41) is 3.46. The Balaban J connectivity index is 2.26. The van der Waals surface area contributed by atoms with Crippen LogP contribution in [0.25, 0.3) is 0 Å². The normalized spacial score (nSPS) is 19.3. The van der Waals surface area contributed by atoms with E-state index in [4.69, 9.17) is 4.74 Å². The third kappa shape index (κ3) is 3.10. The predicted octanol–water partition coefficient (Wildman–Crippen LogP) is 2.74. The van der Waals surface area contributed by atoms with Crippen LogP contribution in [0.3, 0.4) is 0 Å². The Hall–Kier alpha value is -1.06. The molecule has 1 aliphatic rings. The molecule has 1 aromatic rings. The second-order valence-corrected chi connectivity index (χ2v) is 5.45. The van der Waals surface area contributed by atoms with Crippen LogP contribution in [0.15, 0.2) is 12.1 Å². The Morgan fingerprint density at radius 1 is 1.42 bits per heavy atom. The minimum Gasteiger partial charge on any atom is -0.496 e. The number of ether oxygens (including phenoxy) is 1. The van der Waals surface area contributed by atoms with Crippen molar-refractivity contribution in [2.45, 2.75) is 39.3 Å². The number of likely N-dealkylation sites (N-methyl/N-ethyl adjacent to an activating group) is 1. The Bertz CT molecular complexity index is 431. The quantitative estimate of drug-likeness (QED) is 0.826. The molecule has 1 atom stereocenters. The third-order valence-corrected chi connectivity index (χ3v) is 4.13. The van der Waals surface area contributed by atoms with Crippen molar-refractivity contribution < 1.29 is 4.74 Å². The number of benzene rings is 1. The lowest BCUT2D eigenvalue weighted by Gasteiger charge is -2.33. The van der Waals surface area contributed by atoms with Crippen molar-refractivity contribution >= 4 is 0 Å². The molecule has 1 aromatic carbocycles. The topological polar surface area (TPSA) is 24.5 Å². The van der Waals surface area contributed by atoms with E-state index in [1.807, 2.05) is 0 Å². The van der Waals surface area contributed by atoms with Gasteiger partial charge in [-0.2, -0.15) is 0 Å². The minimum atomic E-state index is 0.482. The predicted molar refractivity (Wildman–Crippen MR) is 79.7 cm³/mol. The molecule has 0 radical (unpaired) electrons. The Kier molecular flexibility index (Phi) is 4.83. The van der Waals surface area contributed by atoms with Gasteiger partial charge < -0.3 is 10.1 Å². The highest BCUT2D eigenvalue weighted by Crippen LogP contribution is 2.33. The van der Waals surface area contributed by atoms with Crippen LogP contribution >= 0.6 is 0 Å². The summed E-state index contributed by atoms with van der Waals surface area (Å²) < 4.78 is 5.57. The number of rotatable bonds is 5. The van der Waals surface area contributed by atoms with Crippen LogP contribution in [-0.4, -0.2) is 32.1 Å². The van der Waals surface area contributed by atoms with Gasteiger partial charge in [-0.05, 0) is 50.6 Å². The van der Waals surface area contributed by atoms with Gasteiger partial charge in [0, 0.05) is 24.7 Å². The molecule has 0 aromatic heterocycles. The molecular weight excluding hydrogens is 236 g/mol. The van der Waals surface area contributed by atoms with Crippen LogP contribution in [0, 0.1) is 0 Å². The molecule has 106 valence electrons. The van der Waals surface area contributed by atoms with E-state index in [0.717, 1.165) is 38.2 Å². The molecule has 1 unspecified atom stereocenters. The molecule has 3 heteroatoms. The zero-order valence-corrected chi connectivity index (χ0v) is 12.6. The highest BCUT2D eigenvalue weighted by Gasteiger charge is 2.22. The van der Waals surface area contributed by atoms with E-state index in [-0.39, 0.29) is 0 Å². The lowest BCUT2D eigenvalue weighted by atomic mass is 9.91. The summed E-state index contributed by atoms with van der Waals surface area (Å²) in [4.78, 5) is 2.40. The number of methoxy groups -OCH3 is 1. The maximum absolute atomic E-state index is 5.57. The third-order valence-electron chi connectivity index (χ3n) is 4.13. The van der Waals surface area contributed by atoms with E-state index in [1.54, 1.807) is 7.11 Å². The monoisotopic (exact) mass is 262 g/mol. The van der Waals surface area contributed by atoms with E-state index in [1.165, 1.54) is 16.7 Å². The fourth-order valence-corrected chi connectivity index (χ4v) is 2.75. The maximum Gasteiger partial charge on any atom is 0.123 e. The van der Waals surface area contributed by atoms with Crippen molar-refractivity contribution in [1.29, 1.82) is 0 Å². The van der Waals surface area contributed by atoms with Crippen LogP contribution in [0.4, 0.5) is 0 Å². The zero-order chi connectivity index (χ0) is 13.8. The first-order valence-electron chi connectivity index (χ1n) is 7.28. The van der Waals surface area contributed by atoms with E-state index in [2.05, 4.69) is 43.2 Å². The number of nitrogens with zero attached hydrogens (tertiary/aromatic N) is 1. The second kappa shape index (κ2) is 6.40. The molecule has 0 amide bonds. The highest BCUT2D eigenvalue weighted by atomic mass is 16.5. The number of hydrogen-bond donors (Lipinski definition) is 1. The van der Waals surface area contributed by atoms with Crippen molar-refractivity contribution in [1.82, 2.24) is 10.2 Å². The molecule has 1 aliphatic heterocycles. The average Bonchev–Trinajstić information content (AvgIpc) is 2.43. The maximum atomic E-state index is 5.57. The molecule has 2 rings (SSSR count). The summed E-state index contributed by atoms with van der Waals surface area (Å²) in [6.07, 6.45) is 2.30. The Morgan fingerprint density at radius 3 is 2.89 bits per heavy atom. The van der Waals surface area contributed by atoms with Gasteiger partial charge in [0.15, 0.2) is 0 Å². The van der Waals surface area contributed by atoms with Gasteiger partial charge in [0.25, 0.3) is 0 Å². The first kappa shape index (κ1) is 14.4. The SMILES string of the molecule is CCCNCc1cc2c(cc1OC)C(C)N(C)CC2. The van der Waals surface area contributed by atoms with Crippen molar-refractivity contribution in [2.75, 3.05) is 27.2 Å². The summed E-state index contributed by atoms with van der Waals surface area (Å²) in [7, 11) is 3.96. The molecule has 0 saturated carbocycles. The lowest BCUT2D eigenvalue weighted by Crippen LogP contribution is -2.30. The molecule has 0 fully saturated rings. The van der Waals surface area contributed by atoms with Gasteiger partial charge in [-0.1, -0.05) is 13.0 Å². The fourth-order valence-electron chi connectivity index (χ4n) is 2.75. The van der Waals surface area contributed by atoms with Gasteiger partial charge >= 0.3 is 0 Å². The molecule has 19 heavy (non-hydrogen) atoms.